The largest absolute Gasteiger partial charge is 0.208 e. The van der Waals surface area contributed by atoms with Crippen LogP contribution in [-0.2, 0) is 5.41 Å². The molecule has 0 aliphatic heterocycles. The molecular weight excluding hydrogens is 727 g/mol. The first-order chi connectivity index (χ1) is 29.7. The molecule has 0 unspecified atom stereocenters. The Labute approximate surface area is 352 Å². The van der Waals surface area contributed by atoms with Gasteiger partial charge in [-0.2, -0.15) is 0 Å². The lowest BCUT2D eigenvalue weighted by molar-refractivity contribution is 0.353. The number of hydrogen-bond donors (Lipinski definition) is 0. The van der Waals surface area contributed by atoms with Gasteiger partial charge in [-0.1, -0.05) is 201 Å². The zero-order valence-electron chi connectivity index (χ0n) is 33.4. The number of fused-ring (bicyclic) bond motifs is 5. The molecule has 2 aliphatic carbocycles. The fourth-order valence-corrected chi connectivity index (χ4v) is 9.70. The van der Waals surface area contributed by atoms with Crippen LogP contribution in [0.4, 0.5) is 0 Å². The van der Waals surface area contributed by atoms with Gasteiger partial charge in [0.05, 0.1) is 0 Å². The molecule has 0 bridgehead atoms. The summed E-state index contributed by atoms with van der Waals surface area (Å²) >= 11 is 0. The van der Waals surface area contributed by atoms with E-state index in [1.54, 1.807) is 0 Å². The van der Waals surface area contributed by atoms with E-state index in [1.807, 2.05) is 12.1 Å². The standard InChI is InChI=1S/C57H43N3/c1-4-14-39(15-5-1)45-18-12-20-48(36-45)55-58-54(59-56(60-55)49-21-13-19-46(37-49)40-16-6-2-7-17-40)44-30-28-42(29-31-44)41-24-26-43(27-25-41)47-32-33-51-50-22-8-9-23-52(50)57(53(51)38-47)34-10-3-11-35-57/h1-2,4-9,12-33,36-38H,3,10-11,34-35H2. The summed E-state index contributed by atoms with van der Waals surface area (Å²) < 4.78 is 0. The number of aromatic nitrogens is 3. The highest BCUT2D eigenvalue weighted by atomic mass is 15.0. The molecule has 3 heteroatoms. The number of benzene rings is 8. The molecule has 0 saturated heterocycles. The summed E-state index contributed by atoms with van der Waals surface area (Å²) in [5.41, 5.74) is 18.3. The van der Waals surface area contributed by atoms with Gasteiger partial charge in [-0.05, 0) is 97.8 Å². The average Bonchev–Trinajstić information content (AvgIpc) is 3.60. The van der Waals surface area contributed by atoms with Crippen LogP contribution < -0.4 is 0 Å². The van der Waals surface area contributed by atoms with Crippen molar-refractivity contribution >= 4 is 0 Å². The monoisotopic (exact) mass is 769 g/mol. The molecule has 0 atom stereocenters. The SMILES string of the molecule is c1ccc(-c2cccc(-c3nc(-c4ccc(-c5ccc(-c6ccc7c(c6)C6(CCCCC6)c6ccccc6-7)cc5)cc4)nc(-c4cccc(-c5ccccc5)c4)n3)c2)cc1. The summed E-state index contributed by atoms with van der Waals surface area (Å²) in [4.78, 5) is 15.3. The second kappa shape index (κ2) is 15.2. The molecular formula is C57H43N3. The van der Waals surface area contributed by atoms with Crippen LogP contribution in [0.3, 0.4) is 0 Å². The van der Waals surface area contributed by atoms with Crippen LogP contribution in [-0.4, -0.2) is 15.0 Å². The summed E-state index contributed by atoms with van der Waals surface area (Å²) in [5, 5.41) is 0. The van der Waals surface area contributed by atoms with Crippen LogP contribution in [0.5, 0.6) is 0 Å². The summed E-state index contributed by atoms with van der Waals surface area (Å²) in [7, 11) is 0. The van der Waals surface area contributed by atoms with Crippen LogP contribution >= 0.6 is 0 Å². The fraction of sp³-hybridized carbons (Fsp3) is 0.105. The van der Waals surface area contributed by atoms with Crippen LogP contribution in [0, 0.1) is 0 Å². The minimum atomic E-state index is 0.153. The fourth-order valence-electron chi connectivity index (χ4n) is 9.70. The molecule has 286 valence electrons. The quantitative estimate of drug-likeness (QED) is 0.162. The van der Waals surface area contributed by atoms with E-state index < -0.39 is 0 Å². The Morgan fingerprint density at radius 2 is 0.650 bits per heavy atom. The molecule has 1 aromatic heterocycles. The second-order valence-corrected chi connectivity index (χ2v) is 16.3. The highest BCUT2D eigenvalue weighted by molar-refractivity contribution is 5.84. The highest BCUT2D eigenvalue weighted by Gasteiger charge is 2.43. The van der Waals surface area contributed by atoms with Gasteiger partial charge in [-0.25, -0.2) is 15.0 Å². The Bertz CT molecular complexity index is 2880. The first kappa shape index (κ1) is 35.9. The summed E-state index contributed by atoms with van der Waals surface area (Å²) in [6.07, 6.45) is 6.42. The third-order valence-corrected chi connectivity index (χ3v) is 12.8. The highest BCUT2D eigenvalue weighted by Crippen LogP contribution is 2.56. The lowest BCUT2D eigenvalue weighted by Crippen LogP contribution is -2.28. The molecule has 8 aromatic carbocycles. The smallest absolute Gasteiger partial charge is 0.164 e. The van der Waals surface area contributed by atoms with Crippen molar-refractivity contribution in [3.8, 4) is 89.8 Å². The van der Waals surface area contributed by atoms with Crippen molar-refractivity contribution in [1.29, 1.82) is 0 Å². The Kier molecular flexibility index (Phi) is 9.08. The average molecular weight is 770 g/mol. The van der Waals surface area contributed by atoms with Gasteiger partial charge in [0.25, 0.3) is 0 Å². The summed E-state index contributed by atoms with van der Waals surface area (Å²) in [5.74, 6) is 1.92. The van der Waals surface area contributed by atoms with E-state index in [4.69, 9.17) is 15.0 Å². The van der Waals surface area contributed by atoms with E-state index in [-0.39, 0.29) is 5.41 Å². The molecule has 0 amide bonds. The molecule has 2 aliphatic rings. The van der Waals surface area contributed by atoms with Gasteiger partial charge < -0.3 is 0 Å². The maximum Gasteiger partial charge on any atom is 0.164 e. The number of hydrogen-bond acceptors (Lipinski definition) is 3. The van der Waals surface area contributed by atoms with Crippen molar-refractivity contribution in [2.24, 2.45) is 0 Å². The third kappa shape index (κ3) is 6.53. The van der Waals surface area contributed by atoms with Gasteiger partial charge in [0, 0.05) is 22.1 Å². The van der Waals surface area contributed by atoms with Crippen LogP contribution in [0.25, 0.3) is 89.8 Å². The van der Waals surface area contributed by atoms with Crippen LogP contribution in [0.1, 0.15) is 43.2 Å². The summed E-state index contributed by atoms with van der Waals surface area (Å²) in [6, 6.07) is 71.8. The zero-order valence-corrected chi connectivity index (χ0v) is 33.4. The van der Waals surface area contributed by atoms with Crippen LogP contribution in [0.15, 0.2) is 200 Å². The Morgan fingerprint density at radius 1 is 0.267 bits per heavy atom. The van der Waals surface area contributed by atoms with E-state index in [0.29, 0.717) is 17.5 Å². The molecule has 3 nitrogen and oxygen atoms in total. The van der Waals surface area contributed by atoms with Gasteiger partial charge in [0.1, 0.15) is 0 Å². The minimum Gasteiger partial charge on any atom is -0.208 e. The number of nitrogens with zero attached hydrogens (tertiary/aromatic N) is 3. The van der Waals surface area contributed by atoms with E-state index in [9.17, 15) is 0 Å². The normalized spacial score (nSPS) is 13.8. The lowest BCUT2D eigenvalue weighted by Gasteiger charge is -2.36. The zero-order chi connectivity index (χ0) is 39.9. The van der Waals surface area contributed by atoms with Crippen LogP contribution in [0.2, 0.25) is 0 Å². The predicted octanol–water partition coefficient (Wildman–Crippen LogP) is 14.8. The Hall–Kier alpha value is -7.23. The molecule has 1 spiro atoms. The number of rotatable bonds is 7. The maximum atomic E-state index is 5.11. The van der Waals surface area contributed by atoms with E-state index in [1.165, 1.54) is 71.0 Å². The van der Waals surface area contributed by atoms with Crippen molar-refractivity contribution < 1.29 is 0 Å². The molecule has 1 heterocycles. The molecule has 60 heavy (non-hydrogen) atoms. The first-order valence-corrected chi connectivity index (χ1v) is 21.2. The predicted molar refractivity (Wildman–Crippen MR) is 247 cm³/mol. The maximum absolute atomic E-state index is 5.11. The van der Waals surface area contributed by atoms with Gasteiger partial charge in [0.2, 0.25) is 0 Å². The molecule has 1 saturated carbocycles. The Balaban J connectivity index is 0.920. The second-order valence-electron chi connectivity index (χ2n) is 16.3. The van der Waals surface area contributed by atoms with Crippen molar-refractivity contribution in [3.05, 3.63) is 211 Å². The first-order valence-electron chi connectivity index (χ1n) is 21.2. The molecule has 0 radical (unpaired) electrons. The summed E-state index contributed by atoms with van der Waals surface area (Å²) in [6.45, 7) is 0. The molecule has 1 fully saturated rings. The minimum absolute atomic E-state index is 0.153. The molecule has 11 rings (SSSR count). The van der Waals surface area contributed by atoms with Gasteiger partial charge in [-0.3, -0.25) is 0 Å². The van der Waals surface area contributed by atoms with Crippen molar-refractivity contribution in [1.82, 2.24) is 15.0 Å². The van der Waals surface area contributed by atoms with Crippen molar-refractivity contribution in [2.45, 2.75) is 37.5 Å². The lowest BCUT2D eigenvalue weighted by atomic mass is 9.67. The van der Waals surface area contributed by atoms with Crippen molar-refractivity contribution in [2.75, 3.05) is 0 Å². The van der Waals surface area contributed by atoms with Crippen molar-refractivity contribution in [3.63, 3.8) is 0 Å². The molecule has 0 N–H and O–H groups in total. The van der Waals surface area contributed by atoms with E-state index in [2.05, 4.69) is 188 Å². The Morgan fingerprint density at radius 3 is 1.22 bits per heavy atom. The van der Waals surface area contributed by atoms with Gasteiger partial charge in [-0.15, -0.1) is 0 Å². The topological polar surface area (TPSA) is 38.7 Å². The van der Waals surface area contributed by atoms with E-state index in [0.717, 1.165) is 44.5 Å². The molecule has 9 aromatic rings. The van der Waals surface area contributed by atoms with Gasteiger partial charge >= 0.3 is 0 Å². The van der Waals surface area contributed by atoms with Gasteiger partial charge in [0.15, 0.2) is 17.5 Å². The third-order valence-electron chi connectivity index (χ3n) is 12.8. The van der Waals surface area contributed by atoms with E-state index >= 15 is 0 Å².